The van der Waals surface area contributed by atoms with Gasteiger partial charge in [0.05, 0.1) is 6.42 Å². The van der Waals surface area contributed by atoms with Gasteiger partial charge in [0.15, 0.2) is 0 Å². The maximum atomic E-state index is 12.4. The van der Waals surface area contributed by atoms with Crippen LogP contribution in [0.3, 0.4) is 0 Å². The van der Waals surface area contributed by atoms with Crippen molar-refractivity contribution in [3.63, 3.8) is 0 Å². The van der Waals surface area contributed by atoms with Crippen molar-refractivity contribution in [2.24, 2.45) is 0 Å². The van der Waals surface area contributed by atoms with E-state index < -0.39 is 12.6 Å². The van der Waals surface area contributed by atoms with Crippen molar-refractivity contribution in [2.45, 2.75) is 45.6 Å². The zero-order valence-electron chi connectivity index (χ0n) is 11.7. The Morgan fingerprint density at radius 1 is 1.20 bits per heavy atom. The smallest absolute Gasteiger partial charge is 0.347 e. The minimum absolute atomic E-state index is 0.0360. The normalized spacial score (nSPS) is 12.5. The highest BCUT2D eigenvalue weighted by atomic mass is 19.4. The number of hydrogen-bond donors (Lipinski definition) is 1. The van der Waals surface area contributed by atoms with Crippen molar-refractivity contribution < 1.29 is 13.2 Å². The van der Waals surface area contributed by atoms with E-state index in [2.05, 4.69) is 5.32 Å². The number of halogens is 3. The fraction of sp³-hybridized carbons (Fsp3) is 0.467. The molecule has 2 aromatic rings. The van der Waals surface area contributed by atoms with Gasteiger partial charge >= 0.3 is 6.18 Å². The maximum Gasteiger partial charge on any atom is 0.390 e. The van der Waals surface area contributed by atoms with E-state index in [0.717, 1.165) is 16.5 Å². The molecule has 0 aliphatic heterocycles. The van der Waals surface area contributed by atoms with Crippen molar-refractivity contribution in [1.29, 1.82) is 0 Å². The highest BCUT2D eigenvalue weighted by Gasteiger charge is 2.27. The second-order valence-corrected chi connectivity index (χ2v) is 5.27. The van der Waals surface area contributed by atoms with Gasteiger partial charge in [-0.1, -0.05) is 32.0 Å². The zero-order chi connectivity index (χ0) is 14.8. The van der Waals surface area contributed by atoms with Gasteiger partial charge in [0, 0.05) is 36.2 Å². The summed E-state index contributed by atoms with van der Waals surface area (Å²) in [4.78, 5) is 0. The third kappa shape index (κ3) is 3.76. The predicted octanol–water partition coefficient (Wildman–Crippen LogP) is 4.09. The maximum absolute atomic E-state index is 12.4. The molecule has 5 heteroatoms. The molecule has 0 atom stereocenters. The summed E-state index contributed by atoms with van der Waals surface area (Å²) in [5, 5.41) is 4.32. The summed E-state index contributed by atoms with van der Waals surface area (Å²) >= 11 is 0. The van der Waals surface area contributed by atoms with E-state index in [4.69, 9.17) is 0 Å². The Hall–Kier alpha value is -1.49. The van der Waals surface area contributed by atoms with Gasteiger partial charge in [-0.3, -0.25) is 0 Å². The van der Waals surface area contributed by atoms with Gasteiger partial charge in [0.2, 0.25) is 0 Å². The van der Waals surface area contributed by atoms with Crippen LogP contribution in [0.5, 0.6) is 0 Å². The van der Waals surface area contributed by atoms with Gasteiger partial charge in [-0.05, 0) is 11.6 Å². The van der Waals surface area contributed by atoms with Crippen LogP contribution in [0.25, 0.3) is 10.9 Å². The van der Waals surface area contributed by atoms with Gasteiger partial charge in [0.1, 0.15) is 0 Å². The Balaban J connectivity index is 2.26. The fourth-order valence-corrected chi connectivity index (χ4v) is 2.21. The van der Waals surface area contributed by atoms with Crippen LogP contribution in [0, 0.1) is 0 Å². The minimum Gasteiger partial charge on any atom is -0.347 e. The molecule has 1 aromatic carbocycles. The van der Waals surface area contributed by atoms with Crippen molar-refractivity contribution in [3.8, 4) is 0 Å². The van der Waals surface area contributed by atoms with Gasteiger partial charge < -0.3 is 9.88 Å². The molecule has 0 spiro atoms. The Morgan fingerprint density at radius 3 is 2.55 bits per heavy atom. The van der Waals surface area contributed by atoms with Crippen LogP contribution in [0.1, 0.15) is 25.8 Å². The Labute approximate surface area is 116 Å². The molecule has 1 N–H and O–H groups in total. The highest BCUT2D eigenvalue weighted by Crippen LogP contribution is 2.25. The van der Waals surface area contributed by atoms with E-state index in [1.807, 2.05) is 44.3 Å². The molecular weight excluding hydrogens is 265 g/mol. The van der Waals surface area contributed by atoms with E-state index in [-0.39, 0.29) is 6.54 Å². The molecule has 0 bridgehead atoms. The first-order valence-electron chi connectivity index (χ1n) is 6.74. The van der Waals surface area contributed by atoms with Crippen LogP contribution in [0.2, 0.25) is 0 Å². The number of aromatic nitrogens is 1. The van der Waals surface area contributed by atoms with Crippen LogP contribution in [0.15, 0.2) is 30.5 Å². The molecule has 0 aliphatic rings. The van der Waals surface area contributed by atoms with E-state index in [1.54, 1.807) is 4.57 Å². The molecule has 2 nitrogen and oxygen atoms in total. The first-order valence-corrected chi connectivity index (χ1v) is 6.74. The average Bonchev–Trinajstić information content (AvgIpc) is 2.71. The molecule has 0 fully saturated rings. The van der Waals surface area contributed by atoms with Gasteiger partial charge in [-0.25, -0.2) is 0 Å². The molecule has 20 heavy (non-hydrogen) atoms. The summed E-state index contributed by atoms with van der Waals surface area (Å²) in [6.45, 7) is 4.72. The third-order valence-electron chi connectivity index (χ3n) is 3.21. The molecule has 0 radical (unpaired) electrons. The predicted molar refractivity (Wildman–Crippen MR) is 74.6 cm³/mol. The second-order valence-electron chi connectivity index (χ2n) is 5.27. The monoisotopic (exact) mass is 284 g/mol. The lowest BCUT2D eigenvalue weighted by molar-refractivity contribution is -0.136. The van der Waals surface area contributed by atoms with E-state index in [9.17, 15) is 13.2 Å². The molecule has 110 valence electrons. The first kappa shape index (κ1) is 14.9. The Kier molecular flexibility index (Phi) is 4.38. The minimum atomic E-state index is -4.12. The van der Waals surface area contributed by atoms with Crippen molar-refractivity contribution in [2.75, 3.05) is 0 Å². The van der Waals surface area contributed by atoms with E-state index >= 15 is 0 Å². The average molecular weight is 284 g/mol. The van der Waals surface area contributed by atoms with Crippen molar-refractivity contribution in [1.82, 2.24) is 9.88 Å². The Morgan fingerprint density at radius 2 is 1.90 bits per heavy atom. The lowest BCUT2D eigenvalue weighted by Gasteiger charge is -2.08. The van der Waals surface area contributed by atoms with Crippen LogP contribution < -0.4 is 5.32 Å². The van der Waals surface area contributed by atoms with Gasteiger partial charge in [0.25, 0.3) is 0 Å². The number of rotatable bonds is 5. The summed E-state index contributed by atoms with van der Waals surface area (Å²) in [5.41, 5.74) is 1.90. The standard InChI is InChI=1S/C15H19F3N2/c1-11(2)19-9-12-10-20(8-7-15(16,17)18)14-6-4-3-5-13(12)14/h3-6,10-11,19H,7-9H2,1-2H3. The summed E-state index contributed by atoms with van der Waals surface area (Å²) in [7, 11) is 0. The molecule has 0 amide bonds. The first-order chi connectivity index (χ1) is 9.37. The Bertz CT molecular complexity index is 570. The molecule has 1 aromatic heterocycles. The van der Waals surface area contributed by atoms with Gasteiger partial charge in [-0.15, -0.1) is 0 Å². The number of para-hydroxylation sites is 1. The molecule has 1 heterocycles. The molecule has 2 rings (SSSR count). The van der Waals surface area contributed by atoms with E-state index in [1.165, 1.54) is 0 Å². The molecule has 0 aliphatic carbocycles. The number of benzene rings is 1. The number of aryl methyl sites for hydroxylation is 1. The third-order valence-corrected chi connectivity index (χ3v) is 3.21. The highest BCUT2D eigenvalue weighted by molar-refractivity contribution is 5.83. The SMILES string of the molecule is CC(C)NCc1cn(CCC(F)(F)F)c2ccccc12. The summed E-state index contributed by atoms with van der Waals surface area (Å²) in [6.07, 6.45) is -3.10. The summed E-state index contributed by atoms with van der Waals surface area (Å²) in [5.74, 6) is 0. The van der Waals surface area contributed by atoms with Crippen molar-refractivity contribution >= 4 is 10.9 Å². The largest absolute Gasteiger partial charge is 0.390 e. The van der Waals surface area contributed by atoms with Crippen LogP contribution in [-0.4, -0.2) is 16.8 Å². The van der Waals surface area contributed by atoms with Crippen LogP contribution >= 0.6 is 0 Å². The van der Waals surface area contributed by atoms with E-state index in [0.29, 0.717) is 12.6 Å². The van der Waals surface area contributed by atoms with Crippen molar-refractivity contribution in [3.05, 3.63) is 36.0 Å². The fourth-order valence-electron chi connectivity index (χ4n) is 2.21. The van der Waals surface area contributed by atoms with Crippen LogP contribution in [0.4, 0.5) is 13.2 Å². The summed E-state index contributed by atoms with van der Waals surface area (Å²) < 4.78 is 38.8. The lowest BCUT2D eigenvalue weighted by Crippen LogP contribution is -2.21. The number of fused-ring (bicyclic) bond motifs is 1. The van der Waals surface area contributed by atoms with Gasteiger partial charge in [-0.2, -0.15) is 13.2 Å². The molecule has 0 saturated carbocycles. The molecule has 0 saturated heterocycles. The quantitative estimate of drug-likeness (QED) is 0.875. The second kappa shape index (κ2) is 5.87. The molecular formula is C15H19F3N2. The number of nitrogens with one attached hydrogen (secondary N) is 1. The zero-order valence-corrected chi connectivity index (χ0v) is 11.7. The number of nitrogens with zero attached hydrogens (tertiary/aromatic N) is 1. The topological polar surface area (TPSA) is 17.0 Å². The number of hydrogen-bond acceptors (Lipinski definition) is 1. The molecule has 0 unspecified atom stereocenters. The van der Waals surface area contributed by atoms with Crippen LogP contribution in [-0.2, 0) is 13.1 Å². The summed E-state index contributed by atoms with van der Waals surface area (Å²) in [6, 6.07) is 7.93. The lowest BCUT2D eigenvalue weighted by atomic mass is 10.1. The number of alkyl halides is 3.